The summed E-state index contributed by atoms with van der Waals surface area (Å²) < 4.78 is 0. The van der Waals surface area contributed by atoms with Crippen LogP contribution in [0.1, 0.15) is 25.5 Å². The van der Waals surface area contributed by atoms with Crippen LogP contribution in [0.2, 0.25) is 0 Å². The molecule has 2 rings (SSSR count). The number of nitrogens with one attached hydrogen (secondary N) is 2. The van der Waals surface area contributed by atoms with Crippen LogP contribution >= 0.6 is 0 Å². The van der Waals surface area contributed by atoms with E-state index in [1.54, 1.807) is 6.92 Å². The number of ketones is 1. The smallest absolute Gasteiger partial charge is 0.319 e. The van der Waals surface area contributed by atoms with Gasteiger partial charge in [-0.1, -0.05) is 0 Å². The third-order valence-corrected chi connectivity index (χ3v) is 2.91. The van der Waals surface area contributed by atoms with E-state index in [9.17, 15) is 19.8 Å². The molecule has 100 valence electrons. The molecule has 4 N–H and O–H groups in total. The Bertz CT molecular complexity index is 572. The van der Waals surface area contributed by atoms with Gasteiger partial charge in [-0.15, -0.1) is 0 Å². The molecule has 0 saturated carbocycles. The molecular weight excluding hydrogens is 248 g/mol. The van der Waals surface area contributed by atoms with E-state index in [0.29, 0.717) is 16.8 Å². The molecule has 2 amide bonds. The van der Waals surface area contributed by atoms with Crippen LogP contribution in [0.4, 0.5) is 4.79 Å². The Balaban J connectivity index is 2.54. The zero-order valence-electron chi connectivity index (χ0n) is 10.5. The Morgan fingerprint density at radius 2 is 1.79 bits per heavy atom. The molecule has 0 aliphatic carbocycles. The predicted molar refractivity (Wildman–Crippen MR) is 67.6 cm³/mol. The minimum Gasteiger partial charge on any atom is -0.508 e. The topological polar surface area (TPSA) is 98.7 Å². The van der Waals surface area contributed by atoms with Gasteiger partial charge >= 0.3 is 6.03 Å². The number of phenolic OH excluding ortho intramolecular Hbond substituents is 2. The van der Waals surface area contributed by atoms with Crippen LogP contribution in [0.15, 0.2) is 29.5 Å². The quantitative estimate of drug-likeness (QED) is 0.646. The van der Waals surface area contributed by atoms with Gasteiger partial charge in [-0.25, -0.2) is 4.79 Å². The lowest BCUT2D eigenvalue weighted by atomic mass is 9.93. The fourth-order valence-corrected chi connectivity index (χ4v) is 2.20. The van der Waals surface area contributed by atoms with Crippen molar-refractivity contribution in [1.29, 1.82) is 0 Å². The summed E-state index contributed by atoms with van der Waals surface area (Å²) in [4.78, 5) is 23.2. The maximum absolute atomic E-state index is 11.7. The van der Waals surface area contributed by atoms with Gasteiger partial charge in [-0.2, -0.15) is 0 Å². The van der Waals surface area contributed by atoms with Crippen molar-refractivity contribution in [2.45, 2.75) is 19.9 Å². The first kappa shape index (κ1) is 12.9. The molecule has 1 aliphatic rings. The lowest BCUT2D eigenvalue weighted by molar-refractivity contribution is -0.114. The molecule has 1 heterocycles. The van der Waals surface area contributed by atoms with E-state index in [0.717, 1.165) is 0 Å². The highest BCUT2D eigenvalue weighted by molar-refractivity contribution is 5.98. The SMILES string of the molecule is CC(=O)C1=C(C)NC(=O)N[C@@H]1c1cc(O)cc(O)c1. The average molecular weight is 262 g/mol. The van der Waals surface area contributed by atoms with Crippen LogP contribution in [0.25, 0.3) is 0 Å². The van der Waals surface area contributed by atoms with Crippen molar-refractivity contribution in [2.24, 2.45) is 0 Å². The predicted octanol–water partition coefficient (Wildman–Crippen LogP) is 1.31. The van der Waals surface area contributed by atoms with E-state index in [-0.39, 0.29) is 17.3 Å². The molecule has 19 heavy (non-hydrogen) atoms. The highest BCUT2D eigenvalue weighted by Crippen LogP contribution is 2.31. The third-order valence-electron chi connectivity index (χ3n) is 2.91. The van der Waals surface area contributed by atoms with E-state index in [1.807, 2.05) is 0 Å². The third kappa shape index (κ3) is 2.52. The molecule has 0 bridgehead atoms. The summed E-state index contributed by atoms with van der Waals surface area (Å²) in [5.41, 5.74) is 1.30. The number of carbonyl (C=O) groups excluding carboxylic acids is 2. The lowest BCUT2D eigenvalue weighted by Gasteiger charge is -2.28. The van der Waals surface area contributed by atoms with E-state index < -0.39 is 12.1 Å². The molecule has 0 aromatic heterocycles. The summed E-state index contributed by atoms with van der Waals surface area (Å²) in [6.45, 7) is 3.03. The van der Waals surface area contributed by atoms with Gasteiger partial charge in [0.25, 0.3) is 0 Å². The molecule has 0 saturated heterocycles. The Morgan fingerprint density at radius 1 is 1.21 bits per heavy atom. The summed E-state index contributed by atoms with van der Waals surface area (Å²) in [6, 6.07) is 2.84. The monoisotopic (exact) mass is 262 g/mol. The first-order valence-electron chi connectivity index (χ1n) is 5.70. The summed E-state index contributed by atoms with van der Waals surface area (Å²) in [5, 5.41) is 24.1. The number of rotatable bonds is 2. The van der Waals surface area contributed by atoms with Gasteiger partial charge in [0.2, 0.25) is 0 Å². The number of phenols is 2. The Kier molecular flexibility index (Phi) is 3.16. The number of Topliss-reactive ketones (excluding diaryl/α,β-unsaturated/α-hetero) is 1. The Morgan fingerprint density at radius 3 is 2.32 bits per heavy atom. The summed E-state index contributed by atoms with van der Waals surface area (Å²) in [7, 11) is 0. The fourth-order valence-electron chi connectivity index (χ4n) is 2.20. The highest BCUT2D eigenvalue weighted by atomic mass is 16.3. The standard InChI is InChI=1S/C13H14N2O4/c1-6-11(7(2)16)12(15-13(19)14-6)8-3-9(17)5-10(18)4-8/h3-5,12,17-18H,1-2H3,(H2,14,15,19)/t12-/m1/s1. The number of allylic oxidation sites excluding steroid dienone is 1. The van der Waals surface area contributed by atoms with Crippen molar-refractivity contribution in [3.05, 3.63) is 35.0 Å². The summed E-state index contributed by atoms with van der Waals surface area (Å²) in [6.07, 6.45) is 0. The van der Waals surface area contributed by atoms with Gasteiger partial charge in [0, 0.05) is 17.3 Å². The Hall–Kier alpha value is -2.50. The molecule has 0 radical (unpaired) electrons. The Labute approximate surface area is 109 Å². The van der Waals surface area contributed by atoms with Crippen LogP contribution in [0.3, 0.4) is 0 Å². The van der Waals surface area contributed by atoms with Crippen molar-refractivity contribution in [1.82, 2.24) is 10.6 Å². The van der Waals surface area contributed by atoms with Crippen molar-refractivity contribution in [2.75, 3.05) is 0 Å². The van der Waals surface area contributed by atoms with Crippen molar-refractivity contribution >= 4 is 11.8 Å². The van der Waals surface area contributed by atoms with Gasteiger partial charge in [0.1, 0.15) is 11.5 Å². The van der Waals surface area contributed by atoms with Gasteiger partial charge in [0.15, 0.2) is 5.78 Å². The van der Waals surface area contributed by atoms with E-state index in [2.05, 4.69) is 10.6 Å². The lowest BCUT2D eigenvalue weighted by Crippen LogP contribution is -2.44. The summed E-state index contributed by atoms with van der Waals surface area (Å²) in [5.74, 6) is -0.468. The molecular formula is C13H14N2O4. The molecule has 0 fully saturated rings. The number of amides is 2. The molecule has 0 spiro atoms. The van der Waals surface area contributed by atoms with Crippen molar-refractivity contribution in [3.8, 4) is 11.5 Å². The maximum atomic E-state index is 11.7. The molecule has 6 nitrogen and oxygen atoms in total. The van der Waals surface area contributed by atoms with Gasteiger partial charge in [-0.05, 0) is 31.5 Å². The largest absolute Gasteiger partial charge is 0.508 e. The van der Waals surface area contributed by atoms with Gasteiger partial charge < -0.3 is 20.8 Å². The van der Waals surface area contributed by atoms with E-state index in [1.165, 1.54) is 25.1 Å². The molecule has 6 heteroatoms. The minimum absolute atomic E-state index is 0.136. The van der Waals surface area contributed by atoms with Crippen LogP contribution in [-0.4, -0.2) is 22.0 Å². The maximum Gasteiger partial charge on any atom is 0.319 e. The zero-order chi connectivity index (χ0) is 14.2. The normalized spacial score (nSPS) is 18.8. The number of carbonyl (C=O) groups is 2. The number of benzene rings is 1. The molecule has 0 unspecified atom stereocenters. The first-order chi connectivity index (χ1) is 8.88. The molecule has 1 aliphatic heterocycles. The van der Waals surface area contributed by atoms with Crippen molar-refractivity contribution in [3.63, 3.8) is 0 Å². The second kappa shape index (κ2) is 4.64. The summed E-state index contributed by atoms with van der Waals surface area (Å²) >= 11 is 0. The van der Waals surface area contributed by atoms with Crippen LogP contribution in [0, 0.1) is 0 Å². The second-order valence-electron chi connectivity index (χ2n) is 4.41. The van der Waals surface area contributed by atoms with Gasteiger partial charge in [0.05, 0.1) is 6.04 Å². The average Bonchev–Trinajstić information content (AvgIpc) is 2.25. The van der Waals surface area contributed by atoms with Gasteiger partial charge in [-0.3, -0.25) is 4.79 Å². The number of urea groups is 1. The molecule has 1 aromatic carbocycles. The van der Waals surface area contributed by atoms with Crippen LogP contribution < -0.4 is 10.6 Å². The number of aromatic hydroxyl groups is 2. The first-order valence-corrected chi connectivity index (χ1v) is 5.70. The van der Waals surface area contributed by atoms with Crippen molar-refractivity contribution < 1.29 is 19.8 Å². The van der Waals surface area contributed by atoms with E-state index >= 15 is 0 Å². The van der Waals surface area contributed by atoms with Crippen LogP contribution in [0.5, 0.6) is 11.5 Å². The van der Waals surface area contributed by atoms with E-state index in [4.69, 9.17) is 0 Å². The number of hydrogen-bond donors (Lipinski definition) is 4. The fraction of sp³-hybridized carbons (Fsp3) is 0.231. The minimum atomic E-state index is -0.691. The molecule has 1 aromatic rings. The van der Waals surface area contributed by atoms with Crippen LogP contribution in [-0.2, 0) is 4.79 Å². The second-order valence-corrected chi connectivity index (χ2v) is 4.41. The zero-order valence-corrected chi connectivity index (χ0v) is 10.5. The molecule has 1 atom stereocenters. The highest BCUT2D eigenvalue weighted by Gasteiger charge is 2.29. The number of hydrogen-bond acceptors (Lipinski definition) is 4.